The van der Waals surface area contributed by atoms with Gasteiger partial charge >= 0.3 is 0 Å². The fourth-order valence-electron chi connectivity index (χ4n) is 3.87. The van der Waals surface area contributed by atoms with Gasteiger partial charge in [0.15, 0.2) is 0 Å². The lowest BCUT2D eigenvalue weighted by molar-refractivity contribution is -0.123. The maximum absolute atomic E-state index is 12.2. The summed E-state index contributed by atoms with van der Waals surface area (Å²) in [5.41, 5.74) is 0. The second-order valence-electron chi connectivity index (χ2n) is 7.35. The van der Waals surface area contributed by atoms with Crippen molar-refractivity contribution >= 4 is 5.91 Å². The second-order valence-corrected chi connectivity index (χ2v) is 7.35. The van der Waals surface area contributed by atoms with Crippen LogP contribution < -0.4 is 10.6 Å². The van der Waals surface area contributed by atoms with Gasteiger partial charge in [-0.1, -0.05) is 26.7 Å². The van der Waals surface area contributed by atoms with Crippen LogP contribution in [0, 0.1) is 17.8 Å². The summed E-state index contributed by atoms with van der Waals surface area (Å²) in [7, 11) is 2.07. The molecule has 4 heteroatoms. The van der Waals surface area contributed by atoms with Crippen LogP contribution in [0.4, 0.5) is 0 Å². The molecular weight excluding hydrogens is 262 g/mol. The number of piperidine rings is 1. The lowest BCUT2D eigenvalue weighted by Gasteiger charge is -2.35. The Morgan fingerprint density at radius 2 is 2.05 bits per heavy atom. The van der Waals surface area contributed by atoms with Gasteiger partial charge in [0.2, 0.25) is 5.91 Å². The molecule has 21 heavy (non-hydrogen) atoms. The number of hydrogen-bond donors (Lipinski definition) is 2. The lowest BCUT2D eigenvalue weighted by atomic mass is 9.78. The van der Waals surface area contributed by atoms with Crippen LogP contribution in [0.5, 0.6) is 0 Å². The van der Waals surface area contributed by atoms with Gasteiger partial charge in [-0.15, -0.1) is 0 Å². The zero-order valence-corrected chi connectivity index (χ0v) is 14.0. The zero-order valence-electron chi connectivity index (χ0n) is 14.0. The molecule has 0 aromatic heterocycles. The van der Waals surface area contributed by atoms with E-state index in [2.05, 4.69) is 36.4 Å². The maximum atomic E-state index is 12.2. The van der Waals surface area contributed by atoms with E-state index in [-0.39, 0.29) is 5.91 Å². The first kappa shape index (κ1) is 16.8. The highest BCUT2D eigenvalue weighted by Gasteiger charge is 2.28. The predicted octanol–water partition coefficient (Wildman–Crippen LogP) is 1.86. The highest BCUT2D eigenvalue weighted by Crippen LogP contribution is 2.29. The lowest BCUT2D eigenvalue weighted by Crippen LogP contribution is -2.47. The summed E-state index contributed by atoms with van der Waals surface area (Å²) in [5.74, 6) is 2.24. The molecule has 1 saturated heterocycles. The normalized spacial score (nSPS) is 33.9. The first-order chi connectivity index (χ1) is 10.1. The molecule has 4 unspecified atom stereocenters. The molecule has 1 heterocycles. The minimum absolute atomic E-state index is 0.201. The molecule has 2 N–H and O–H groups in total. The Balaban J connectivity index is 1.70. The Kier molecular flexibility index (Phi) is 6.49. The molecule has 0 bridgehead atoms. The predicted molar refractivity (Wildman–Crippen MR) is 87.2 cm³/mol. The molecule has 0 radical (unpaired) electrons. The van der Waals surface area contributed by atoms with Crippen molar-refractivity contribution in [3.8, 4) is 0 Å². The molecule has 1 amide bonds. The van der Waals surface area contributed by atoms with Crippen molar-refractivity contribution in [3.63, 3.8) is 0 Å². The first-order valence-electron chi connectivity index (χ1n) is 8.75. The van der Waals surface area contributed by atoms with Gasteiger partial charge in [-0.05, 0) is 57.2 Å². The van der Waals surface area contributed by atoms with Crippen LogP contribution in [-0.4, -0.2) is 50.1 Å². The van der Waals surface area contributed by atoms with Crippen LogP contribution >= 0.6 is 0 Å². The van der Waals surface area contributed by atoms with E-state index in [1.54, 1.807) is 0 Å². The number of carbonyl (C=O) groups is 1. The van der Waals surface area contributed by atoms with Crippen LogP contribution in [0.15, 0.2) is 0 Å². The Bertz CT molecular complexity index is 328. The molecule has 1 saturated carbocycles. The Morgan fingerprint density at radius 1 is 1.24 bits per heavy atom. The molecule has 4 atom stereocenters. The van der Waals surface area contributed by atoms with E-state index in [9.17, 15) is 4.79 Å². The van der Waals surface area contributed by atoms with Crippen molar-refractivity contribution in [1.82, 2.24) is 15.5 Å². The Hall–Kier alpha value is -0.610. The highest BCUT2D eigenvalue weighted by atomic mass is 16.2. The first-order valence-corrected chi connectivity index (χ1v) is 8.75. The number of carbonyl (C=O) groups excluding carboxylic acids is 1. The molecular formula is C17H33N3O. The summed E-state index contributed by atoms with van der Waals surface area (Å²) in [5, 5.41) is 6.71. The van der Waals surface area contributed by atoms with Gasteiger partial charge in [-0.2, -0.15) is 0 Å². The van der Waals surface area contributed by atoms with Gasteiger partial charge in [0.1, 0.15) is 0 Å². The Morgan fingerprint density at radius 3 is 2.76 bits per heavy atom. The van der Waals surface area contributed by atoms with E-state index in [0.717, 1.165) is 32.0 Å². The van der Waals surface area contributed by atoms with E-state index in [0.29, 0.717) is 24.4 Å². The summed E-state index contributed by atoms with van der Waals surface area (Å²) in [6.45, 7) is 8.41. The number of nitrogens with zero attached hydrogens (tertiary/aromatic N) is 1. The smallest absolute Gasteiger partial charge is 0.234 e. The third-order valence-corrected chi connectivity index (χ3v) is 5.44. The van der Waals surface area contributed by atoms with Crippen molar-refractivity contribution in [2.24, 2.45) is 17.8 Å². The van der Waals surface area contributed by atoms with E-state index in [1.165, 1.54) is 25.7 Å². The maximum Gasteiger partial charge on any atom is 0.234 e. The van der Waals surface area contributed by atoms with E-state index < -0.39 is 0 Å². The molecule has 122 valence electrons. The van der Waals surface area contributed by atoms with Gasteiger partial charge in [-0.3, -0.25) is 9.69 Å². The van der Waals surface area contributed by atoms with Gasteiger partial charge in [-0.25, -0.2) is 0 Å². The third-order valence-electron chi connectivity index (χ3n) is 5.44. The van der Waals surface area contributed by atoms with Gasteiger partial charge in [0.05, 0.1) is 6.54 Å². The SMILES string of the molecule is CC1CCCC(NC(=O)CN(C)CC2CCCNC2)C1C. The summed E-state index contributed by atoms with van der Waals surface area (Å²) < 4.78 is 0. The molecule has 2 aliphatic rings. The molecule has 1 aliphatic carbocycles. The summed E-state index contributed by atoms with van der Waals surface area (Å²) in [6, 6.07) is 0.381. The molecule has 0 aromatic rings. The molecule has 2 fully saturated rings. The van der Waals surface area contributed by atoms with Crippen LogP contribution in [0.1, 0.15) is 46.0 Å². The van der Waals surface area contributed by atoms with Crippen LogP contribution in [0.3, 0.4) is 0 Å². The molecule has 1 aliphatic heterocycles. The van der Waals surface area contributed by atoms with Crippen molar-refractivity contribution in [1.29, 1.82) is 0 Å². The molecule has 4 nitrogen and oxygen atoms in total. The quantitative estimate of drug-likeness (QED) is 0.814. The van der Waals surface area contributed by atoms with E-state index in [4.69, 9.17) is 0 Å². The molecule has 0 aromatic carbocycles. The van der Waals surface area contributed by atoms with Crippen LogP contribution in [0.2, 0.25) is 0 Å². The van der Waals surface area contributed by atoms with Crippen LogP contribution in [-0.2, 0) is 4.79 Å². The van der Waals surface area contributed by atoms with Crippen molar-refractivity contribution in [2.75, 3.05) is 33.2 Å². The summed E-state index contributed by atoms with van der Waals surface area (Å²) in [6.07, 6.45) is 6.26. The fourth-order valence-corrected chi connectivity index (χ4v) is 3.87. The van der Waals surface area contributed by atoms with Gasteiger partial charge < -0.3 is 10.6 Å². The highest BCUT2D eigenvalue weighted by molar-refractivity contribution is 5.78. The average Bonchev–Trinajstić information content (AvgIpc) is 2.44. The van der Waals surface area contributed by atoms with E-state index >= 15 is 0 Å². The summed E-state index contributed by atoms with van der Waals surface area (Å²) >= 11 is 0. The number of likely N-dealkylation sites (N-methyl/N-ethyl adjacent to an activating group) is 1. The standard InChI is InChI=1S/C17H33N3O/c1-13-6-4-8-16(14(13)2)19-17(21)12-20(3)11-15-7-5-9-18-10-15/h13-16,18H,4-12H2,1-3H3,(H,19,21). The summed E-state index contributed by atoms with van der Waals surface area (Å²) in [4.78, 5) is 14.4. The Labute approximate surface area is 130 Å². The van der Waals surface area contributed by atoms with Crippen molar-refractivity contribution in [3.05, 3.63) is 0 Å². The zero-order chi connectivity index (χ0) is 15.2. The molecule has 0 spiro atoms. The fraction of sp³-hybridized carbons (Fsp3) is 0.941. The average molecular weight is 295 g/mol. The number of amides is 1. The monoisotopic (exact) mass is 295 g/mol. The molecule has 2 rings (SSSR count). The minimum Gasteiger partial charge on any atom is -0.352 e. The minimum atomic E-state index is 0.201. The third kappa shape index (κ3) is 5.26. The number of hydrogen-bond acceptors (Lipinski definition) is 3. The topological polar surface area (TPSA) is 44.4 Å². The van der Waals surface area contributed by atoms with E-state index in [1.807, 2.05) is 0 Å². The van der Waals surface area contributed by atoms with Crippen molar-refractivity contribution < 1.29 is 4.79 Å². The van der Waals surface area contributed by atoms with Gasteiger partial charge in [0.25, 0.3) is 0 Å². The van der Waals surface area contributed by atoms with Gasteiger partial charge in [0, 0.05) is 12.6 Å². The largest absolute Gasteiger partial charge is 0.352 e. The van der Waals surface area contributed by atoms with Crippen molar-refractivity contribution in [2.45, 2.75) is 52.0 Å². The van der Waals surface area contributed by atoms with Crippen LogP contribution in [0.25, 0.3) is 0 Å². The number of rotatable bonds is 5. The second kappa shape index (κ2) is 8.14. The number of nitrogens with one attached hydrogen (secondary N) is 2.